The molecule has 0 radical (unpaired) electrons. The van der Waals surface area contributed by atoms with Gasteiger partial charge in [0.25, 0.3) is 0 Å². The van der Waals surface area contributed by atoms with Gasteiger partial charge in [0.1, 0.15) is 0 Å². The van der Waals surface area contributed by atoms with Crippen molar-refractivity contribution in [1.82, 2.24) is 0 Å². The zero-order chi connectivity index (χ0) is 14.3. The first-order valence-electron chi connectivity index (χ1n) is 3.10. The zero-order valence-corrected chi connectivity index (χ0v) is 11.4. The molecule has 18 heteroatoms. The molecule has 0 saturated heterocycles. The molecule has 0 amide bonds. The van der Waals surface area contributed by atoms with Crippen LogP contribution in [0.5, 0.6) is 0 Å². The summed E-state index contributed by atoms with van der Waals surface area (Å²) in [6.45, 7) is 0. The molecule has 0 spiro atoms. The third kappa shape index (κ3) is 1770. The molecule has 0 atom stereocenters. The summed E-state index contributed by atoms with van der Waals surface area (Å²) in [7, 11) is -8.67. The summed E-state index contributed by atoms with van der Waals surface area (Å²) < 4.78 is 0. The van der Waals surface area contributed by atoms with E-state index in [0.29, 0.717) is 0 Å². The number of hydrogen-bond donors (Lipinski definition) is 12. The van der Waals surface area contributed by atoms with Crippen molar-refractivity contribution in [2.24, 2.45) is 0 Å². The molecular weight excluding hydrogens is 406 g/mol. The van der Waals surface area contributed by atoms with Crippen LogP contribution in [0, 0.1) is 40.8 Å². The van der Waals surface area contributed by atoms with Crippen LogP contribution in [-0.4, -0.2) is 107 Å². The third-order valence-corrected chi connectivity index (χ3v) is 0. The molecule has 0 heterocycles. The maximum absolute atomic E-state index is 7.17. The molecule has 0 aliphatic carbocycles. The fraction of sp³-hybridized carbons (Fsp3) is 0. The van der Waals surface area contributed by atoms with Gasteiger partial charge in [0.2, 0.25) is 0 Å². The topological polar surface area (TPSA) is 243 Å². The molecule has 0 aromatic heterocycles. The Labute approximate surface area is 147 Å². The Hall–Kier alpha value is 1.66. The van der Waals surface area contributed by atoms with Crippen molar-refractivity contribution in [2.75, 3.05) is 0 Å². The summed E-state index contributed by atoms with van der Waals surface area (Å²) >= 11 is 0. The average Bonchev–Trinajstić information content (AvgIpc) is 1.76. The quantitative estimate of drug-likeness (QED) is 0.163. The molecule has 0 saturated carbocycles. The average molecular weight is 422 g/mol. The van der Waals surface area contributed by atoms with Crippen molar-refractivity contribution in [2.45, 2.75) is 0 Å². The fourth-order valence-electron chi connectivity index (χ4n) is 0. The predicted molar refractivity (Wildman–Crippen MR) is 59.6 cm³/mol. The van der Waals surface area contributed by atoms with Crippen LogP contribution in [0.4, 0.5) is 0 Å². The Morgan fingerprint density at radius 2 is 0.333 bits per heavy atom. The summed E-state index contributed by atoms with van der Waals surface area (Å²) in [5, 5.41) is 86.0. The van der Waals surface area contributed by atoms with Gasteiger partial charge < -0.3 is 60.3 Å². The van der Waals surface area contributed by atoms with Crippen LogP contribution in [0.1, 0.15) is 0 Å². The van der Waals surface area contributed by atoms with E-state index in [-0.39, 0.29) is 58.2 Å². The molecular formula is H15AlB4NdO12. The molecule has 0 bridgehead atoms. The van der Waals surface area contributed by atoms with Crippen molar-refractivity contribution in [1.29, 1.82) is 0 Å². The predicted octanol–water partition coefficient (Wildman–Crippen LogP) is -9.39. The second-order valence-corrected chi connectivity index (χ2v) is 1.39. The van der Waals surface area contributed by atoms with Crippen LogP contribution in [-0.2, 0) is 0 Å². The van der Waals surface area contributed by atoms with Crippen LogP contribution < -0.4 is 0 Å². The Balaban J connectivity index is -0.0000000257. The normalized spacial score (nSPS) is 6.00. The molecule has 0 aliphatic heterocycles. The van der Waals surface area contributed by atoms with E-state index in [1.165, 1.54) is 0 Å². The fourth-order valence-corrected chi connectivity index (χ4v) is 0. The van der Waals surface area contributed by atoms with Gasteiger partial charge in [0, 0.05) is 40.8 Å². The van der Waals surface area contributed by atoms with E-state index in [2.05, 4.69) is 0 Å². The molecule has 0 unspecified atom stereocenters. The SMILES string of the molecule is OB(O)O.OB(O)O.OB(O)O.OB(O)O.[AlH3].[Nd]. The van der Waals surface area contributed by atoms with E-state index >= 15 is 0 Å². The molecule has 0 aromatic carbocycles. The first-order chi connectivity index (χ1) is 6.93. The molecule has 18 heavy (non-hydrogen) atoms. The third-order valence-electron chi connectivity index (χ3n) is 0. The molecule has 0 aliphatic rings. The standard InChI is InChI=1S/Al.4BH3O3.Nd.3H/c;4*2-1(3)4;;;;/h;4*2-4H;;;;. The van der Waals surface area contributed by atoms with Gasteiger partial charge in [-0.2, -0.15) is 0 Å². The zero-order valence-electron chi connectivity index (χ0n) is 8.18. The van der Waals surface area contributed by atoms with Crippen molar-refractivity contribution in [3.8, 4) is 0 Å². The van der Waals surface area contributed by atoms with E-state index in [1.807, 2.05) is 0 Å². The maximum Gasteiger partial charge on any atom is 0.631 e. The Kier molecular flexibility index (Phi) is 63.6. The molecule has 12 nitrogen and oxygen atoms in total. The van der Waals surface area contributed by atoms with E-state index in [4.69, 9.17) is 60.3 Å². The van der Waals surface area contributed by atoms with Crippen molar-refractivity contribution >= 4 is 46.6 Å². The van der Waals surface area contributed by atoms with Crippen LogP contribution in [0.3, 0.4) is 0 Å². The largest absolute Gasteiger partial charge is 0.631 e. The smallest absolute Gasteiger partial charge is 0.402 e. The minimum absolute atomic E-state index is 0. The summed E-state index contributed by atoms with van der Waals surface area (Å²) in [6, 6.07) is 0. The van der Waals surface area contributed by atoms with Crippen LogP contribution in [0.2, 0.25) is 0 Å². The number of hydrogen-bond acceptors (Lipinski definition) is 12. The van der Waals surface area contributed by atoms with Gasteiger partial charge in [-0.05, 0) is 0 Å². The monoisotopic (exact) mass is 420 g/mol. The summed E-state index contributed by atoms with van der Waals surface area (Å²) in [5.74, 6) is 0. The summed E-state index contributed by atoms with van der Waals surface area (Å²) in [6.07, 6.45) is 0. The first kappa shape index (κ1) is 36.7. The van der Waals surface area contributed by atoms with Gasteiger partial charge in [-0.1, -0.05) is 0 Å². The molecule has 0 aromatic rings. The summed E-state index contributed by atoms with van der Waals surface area (Å²) in [5.41, 5.74) is 0. The Morgan fingerprint density at radius 3 is 0.333 bits per heavy atom. The minimum Gasteiger partial charge on any atom is -0.402 e. The van der Waals surface area contributed by atoms with Crippen molar-refractivity contribution in [3.05, 3.63) is 0 Å². The number of rotatable bonds is 0. The summed E-state index contributed by atoms with van der Waals surface area (Å²) in [4.78, 5) is 0. The van der Waals surface area contributed by atoms with Crippen molar-refractivity contribution in [3.63, 3.8) is 0 Å². The van der Waals surface area contributed by atoms with Crippen LogP contribution in [0.25, 0.3) is 0 Å². The minimum atomic E-state index is -2.17. The molecule has 106 valence electrons. The second-order valence-electron chi connectivity index (χ2n) is 1.39. The maximum atomic E-state index is 7.17. The van der Waals surface area contributed by atoms with Crippen LogP contribution in [0.15, 0.2) is 0 Å². The van der Waals surface area contributed by atoms with Gasteiger partial charge in [-0.25, -0.2) is 0 Å². The van der Waals surface area contributed by atoms with E-state index in [9.17, 15) is 0 Å². The van der Waals surface area contributed by atoms with Crippen LogP contribution >= 0.6 is 0 Å². The van der Waals surface area contributed by atoms with Gasteiger partial charge >= 0.3 is 29.3 Å². The van der Waals surface area contributed by atoms with E-state index in [0.717, 1.165) is 0 Å². The van der Waals surface area contributed by atoms with Gasteiger partial charge in [0.15, 0.2) is 17.4 Å². The van der Waals surface area contributed by atoms with Gasteiger partial charge in [-0.3, -0.25) is 0 Å². The van der Waals surface area contributed by atoms with Gasteiger partial charge in [-0.15, -0.1) is 0 Å². The van der Waals surface area contributed by atoms with E-state index < -0.39 is 29.3 Å². The molecule has 12 N–H and O–H groups in total. The Morgan fingerprint density at radius 1 is 0.333 bits per heavy atom. The van der Waals surface area contributed by atoms with E-state index in [1.54, 1.807) is 0 Å². The molecule has 0 rings (SSSR count). The molecule has 0 fully saturated rings. The second kappa shape index (κ2) is 31.2. The van der Waals surface area contributed by atoms with Crippen molar-refractivity contribution < 1.29 is 101 Å². The van der Waals surface area contributed by atoms with Gasteiger partial charge in [0.05, 0.1) is 0 Å². The first-order valence-corrected chi connectivity index (χ1v) is 3.10. The Bertz CT molecular complexity index is 67.1.